The number of benzene rings is 2. The van der Waals surface area contributed by atoms with E-state index in [0.29, 0.717) is 18.8 Å². The minimum absolute atomic E-state index is 0.438. The number of carbonyl (C=O) groups is 1. The molecule has 6 heteroatoms. The lowest BCUT2D eigenvalue weighted by atomic mass is 10.1. The number of nitrogens with zero attached hydrogens (tertiary/aromatic N) is 3. The quantitative estimate of drug-likeness (QED) is 0.793. The maximum absolute atomic E-state index is 11.6. The molecule has 0 radical (unpaired) electrons. The van der Waals surface area contributed by atoms with Gasteiger partial charge in [0.05, 0.1) is 17.9 Å². The Morgan fingerprint density at radius 3 is 2.68 bits per heavy atom. The normalized spacial score (nSPS) is 16.2. The van der Waals surface area contributed by atoms with Crippen LogP contribution in [0.5, 0.6) is 5.75 Å². The molecule has 126 valence electrons. The van der Waals surface area contributed by atoms with Gasteiger partial charge in [0.15, 0.2) is 6.10 Å². The first kappa shape index (κ1) is 15.3. The number of anilines is 1. The number of carbonyl (C=O) groups excluding carboxylic acids is 1. The van der Waals surface area contributed by atoms with Crippen LogP contribution in [0.4, 0.5) is 5.69 Å². The van der Waals surface area contributed by atoms with E-state index in [2.05, 4.69) is 22.1 Å². The molecule has 1 amide bonds. The van der Waals surface area contributed by atoms with Gasteiger partial charge >= 0.3 is 0 Å². The zero-order valence-corrected chi connectivity index (χ0v) is 13.6. The topological polar surface area (TPSA) is 73.4 Å². The van der Waals surface area contributed by atoms with Crippen molar-refractivity contribution >= 4 is 11.6 Å². The third-order valence-electron chi connectivity index (χ3n) is 4.26. The van der Waals surface area contributed by atoms with Gasteiger partial charge in [0.2, 0.25) is 0 Å². The van der Waals surface area contributed by atoms with Gasteiger partial charge in [0.25, 0.3) is 5.91 Å². The number of aromatic nitrogens is 2. The molecule has 0 saturated heterocycles. The van der Waals surface area contributed by atoms with Crippen LogP contribution in [0, 0.1) is 0 Å². The summed E-state index contributed by atoms with van der Waals surface area (Å²) < 4.78 is 7.52. The predicted octanol–water partition coefficient (Wildman–Crippen LogP) is 2.13. The second-order valence-corrected chi connectivity index (χ2v) is 5.97. The molecule has 2 N–H and O–H groups in total. The van der Waals surface area contributed by atoms with Crippen LogP contribution in [0.3, 0.4) is 0 Å². The van der Waals surface area contributed by atoms with Crippen molar-refractivity contribution in [3.63, 3.8) is 0 Å². The highest BCUT2D eigenvalue weighted by molar-refractivity contribution is 5.81. The van der Waals surface area contributed by atoms with Crippen LogP contribution in [0.2, 0.25) is 0 Å². The third-order valence-corrected chi connectivity index (χ3v) is 4.26. The van der Waals surface area contributed by atoms with Gasteiger partial charge in [-0.15, -0.1) is 0 Å². The molecule has 0 spiro atoms. The van der Waals surface area contributed by atoms with Crippen molar-refractivity contribution in [1.82, 2.24) is 9.78 Å². The molecule has 1 unspecified atom stereocenters. The SMILES string of the molecule is NC(=O)C1CN(Cc2ccc(-n3cccn3)cc2)c2ccccc2O1. The second kappa shape index (κ2) is 6.32. The Morgan fingerprint density at radius 2 is 1.96 bits per heavy atom. The molecule has 2 aromatic carbocycles. The van der Waals surface area contributed by atoms with Gasteiger partial charge in [-0.3, -0.25) is 4.79 Å². The van der Waals surface area contributed by atoms with Gasteiger partial charge in [-0.1, -0.05) is 24.3 Å². The molecule has 1 atom stereocenters. The number of rotatable bonds is 4. The van der Waals surface area contributed by atoms with Gasteiger partial charge in [0, 0.05) is 18.9 Å². The summed E-state index contributed by atoms with van der Waals surface area (Å²) in [5.74, 6) is 0.235. The fraction of sp³-hybridized carbons (Fsp3) is 0.158. The summed E-state index contributed by atoms with van der Waals surface area (Å²) in [6.45, 7) is 1.11. The van der Waals surface area contributed by atoms with Crippen molar-refractivity contribution in [3.8, 4) is 11.4 Å². The van der Waals surface area contributed by atoms with Crippen molar-refractivity contribution in [2.75, 3.05) is 11.4 Å². The summed E-state index contributed by atoms with van der Waals surface area (Å²) in [6, 6.07) is 17.8. The van der Waals surface area contributed by atoms with E-state index in [1.165, 1.54) is 0 Å². The average molecular weight is 334 g/mol. The van der Waals surface area contributed by atoms with Crippen molar-refractivity contribution in [2.24, 2.45) is 5.73 Å². The zero-order valence-electron chi connectivity index (χ0n) is 13.6. The number of fused-ring (bicyclic) bond motifs is 1. The first-order valence-corrected chi connectivity index (χ1v) is 8.09. The summed E-state index contributed by atoms with van der Waals surface area (Å²) >= 11 is 0. The van der Waals surface area contributed by atoms with Gasteiger partial charge in [0.1, 0.15) is 5.75 Å². The summed E-state index contributed by atoms with van der Waals surface area (Å²) in [7, 11) is 0. The molecule has 1 aliphatic heterocycles. The van der Waals surface area contributed by atoms with Crippen LogP contribution in [0.1, 0.15) is 5.56 Å². The van der Waals surface area contributed by atoms with E-state index < -0.39 is 12.0 Å². The first-order valence-electron chi connectivity index (χ1n) is 8.09. The minimum Gasteiger partial charge on any atom is -0.477 e. The highest BCUT2D eigenvalue weighted by atomic mass is 16.5. The van der Waals surface area contributed by atoms with Crippen molar-refractivity contribution in [1.29, 1.82) is 0 Å². The maximum Gasteiger partial charge on any atom is 0.260 e. The van der Waals surface area contributed by atoms with Gasteiger partial charge in [-0.25, -0.2) is 4.68 Å². The van der Waals surface area contributed by atoms with Gasteiger partial charge in [-0.2, -0.15) is 5.10 Å². The molecule has 4 rings (SSSR count). The number of ether oxygens (including phenoxy) is 1. The third kappa shape index (κ3) is 3.06. The smallest absolute Gasteiger partial charge is 0.260 e. The van der Waals surface area contributed by atoms with Crippen LogP contribution in [0.25, 0.3) is 5.69 Å². The fourth-order valence-electron chi connectivity index (χ4n) is 3.00. The first-order chi connectivity index (χ1) is 12.2. The molecule has 1 aromatic heterocycles. The molecule has 1 aliphatic rings. The highest BCUT2D eigenvalue weighted by Gasteiger charge is 2.29. The Labute approximate surface area is 145 Å². The Hall–Kier alpha value is -3.28. The fourth-order valence-corrected chi connectivity index (χ4v) is 3.00. The Kier molecular flexibility index (Phi) is 3.85. The molecule has 2 heterocycles. The van der Waals surface area contributed by atoms with Crippen LogP contribution in [0.15, 0.2) is 67.0 Å². The van der Waals surface area contributed by atoms with E-state index in [0.717, 1.165) is 16.9 Å². The number of hydrogen-bond acceptors (Lipinski definition) is 4. The van der Waals surface area contributed by atoms with E-state index >= 15 is 0 Å². The lowest BCUT2D eigenvalue weighted by Gasteiger charge is -2.35. The largest absolute Gasteiger partial charge is 0.477 e. The molecular weight excluding hydrogens is 316 g/mol. The van der Waals surface area contributed by atoms with Crippen LogP contribution in [-0.4, -0.2) is 28.3 Å². The van der Waals surface area contributed by atoms with Gasteiger partial charge < -0.3 is 15.4 Å². The van der Waals surface area contributed by atoms with Crippen LogP contribution < -0.4 is 15.4 Å². The van der Waals surface area contributed by atoms with Crippen LogP contribution >= 0.6 is 0 Å². The van der Waals surface area contributed by atoms with E-state index in [1.807, 2.05) is 53.3 Å². The standard InChI is InChI=1S/C19H18N4O2/c20-19(24)18-13-22(16-4-1-2-5-17(16)25-18)12-14-6-8-15(9-7-14)23-11-3-10-21-23/h1-11,18H,12-13H2,(H2,20,24). The summed E-state index contributed by atoms with van der Waals surface area (Å²) in [5.41, 5.74) is 8.56. The Bertz CT molecular complexity index is 875. The van der Waals surface area contributed by atoms with E-state index in [4.69, 9.17) is 10.5 Å². The summed E-state index contributed by atoms with van der Waals surface area (Å²) in [5, 5.41) is 4.23. The number of hydrogen-bond donors (Lipinski definition) is 1. The van der Waals surface area contributed by atoms with E-state index in [9.17, 15) is 4.79 Å². The molecule has 0 aliphatic carbocycles. The molecule has 3 aromatic rings. The number of para-hydroxylation sites is 2. The molecule has 0 saturated carbocycles. The van der Waals surface area contributed by atoms with E-state index in [-0.39, 0.29) is 0 Å². The summed E-state index contributed by atoms with van der Waals surface area (Å²) in [4.78, 5) is 13.7. The minimum atomic E-state index is -0.641. The lowest BCUT2D eigenvalue weighted by molar-refractivity contribution is -0.124. The van der Waals surface area contributed by atoms with Crippen molar-refractivity contribution < 1.29 is 9.53 Å². The summed E-state index contributed by atoms with van der Waals surface area (Å²) in [6.07, 6.45) is 3.02. The van der Waals surface area contributed by atoms with Crippen molar-refractivity contribution in [2.45, 2.75) is 12.6 Å². The number of nitrogens with two attached hydrogens (primary N) is 1. The van der Waals surface area contributed by atoms with Gasteiger partial charge in [-0.05, 0) is 35.9 Å². The molecular formula is C19H18N4O2. The second-order valence-electron chi connectivity index (χ2n) is 5.97. The van der Waals surface area contributed by atoms with E-state index in [1.54, 1.807) is 6.20 Å². The highest BCUT2D eigenvalue weighted by Crippen LogP contribution is 2.34. The Morgan fingerprint density at radius 1 is 1.16 bits per heavy atom. The average Bonchev–Trinajstić information content (AvgIpc) is 3.17. The number of amides is 1. The monoisotopic (exact) mass is 334 g/mol. The van der Waals surface area contributed by atoms with Crippen molar-refractivity contribution in [3.05, 3.63) is 72.6 Å². The molecule has 0 fully saturated rings. The number of primary amides is 1. The zero-order chi connectivity index (χ0) is 17.2. The molecule has 6 nitrogen and oxygen atoms in total. The lowest BCUT2D eigenvalue weighted by Crippen LogP contribution is -2.46. The maximum atomic E-state index is 11.6. The van der Waals surface area contributed by atoms with Crippen LogP contribution in [-0.2, 0) is 11.3 Å². The molecule has 0 bridgehead atoms. The predicted molar refractivity (Wildman–Crippen MR) is 94.7 cm³/mol. The molecule has 25 heavy (non-hydrogen) atoms. The Balaban J connectivity index is 1.58.